The molecule has 0 aliphatic carbocycles. The molecule has 0 spiro atoms. The topological polar surface area (TPSA) is 29.5 Å². The lowest BCUT2D eigenvalue weighted by atomic mass is 10.0. The van der Waals surface area contributed by atoms with E-state index in [-0.39, 0.29) is 12.1 Å². The summed E-state index contributed by atoms with van der Waals surface area (Å²) in [5.74, 6) is 0. The first kappa shape index (κ1) is 10.7. The average Bonchev–Trinajstić information content (AvgIpc) is 2.33. The third-order valence-electron chi connectivity index (χ3n) is 2.87. The van der Waals surface area contributed by atoms with Crippen LogP contribution in [0, 0.1) is 0 Å². The fourth-order valence-electron chi connectivity index (χ4n) is 1.62. The van der Waals surface area contributed by atoms with Gasteiger partial charge in [-0.2, -0.15) is 0 Å². The number of rotatable bonds is 2. The number of carbonyl (C=O) groups is 1. The molecule has 3 nitrogen and oxygen atoms in total. The molecule has 1 atom stereocenters. The van der Waals surface area contributed by atoms with Gasteiger partial charge in [0.1, 0.15) is 6.61 Å². The van der Waals surface area contributed by atoms with Crippen molar-refractivity contribution in [1.82, 2.24) is 4.90 Å². The van der Waals surface area contributed by atoms with Crippen LogP contribution in [0.3, 0.4) is 0 Å². The van der Waals surface area contributed by atoms with Gasteiger partial charge in [-0.15, -0.1) is 0 Å². The van der Waals surface area contributed by atoms with Crippen LogP contribution in [0.25, 0.3) is 0 Å². The summed E-state index contributed by atoms with van der Waals surface area (Å²) in [6, 6.07) is 9.78. The molecule has 1 aliphatic rings. The first-order valence-electron chi connectivity index (χ1n) is 5.33. The molecule has 1 fully saturated rings. The van der Waals surface area contributed by atoms with Crippen molar-refractivity contribution >= 4 is 6.09 Å². The molecule has 1 aliphatic heterocycles. The van der Waals surface area contributed by atoms with E-state index in [1.165, 1.54) is 0 Å². The van der Waals surface area contributed by atoms with Gasteiger partial charge in [-0.05, 0) is 18.1 Å². The van der Waals surface area contributed by atoms with E-state index < -0.39 is 0 Å². The van der Waals surface area contributed by atoms with Gasteiger partial charge in [0.15, 0.2) is 0 Å². The summed E-state index contributed by atoms with van der Waals surface area (Å²) in [6.45, 7) is 6.75. The molecular formula is C13H15NO2. The van der Waals surface area contributed by atoms with Crippen LogP contribution in [0.5, 0.6) is 0 Å². The minimum absolute atomic E-state index is 0.114. The standard InChI is InChI=1S/C13H15NO2/c1-10-8-14(11(10)2)13(15)16-9-12-6-4-3-5-7-12/h3-7,11H,1,8-9H2,2H3/t11-/m1/s1. The molecule has 1 amide bonds. The van der Waals surface area contributed by atoms with Gasteiger partial charge in [-0.1, -0.05) is 36.9 Å². The van der Waals surface area contributed by atoms with Crippen molar-refractivity contribution in [2.45, 2.75) is 19.6 Å². The summed E-state index contributed by atoms with van der Waals surface area (Å²) in [5, 5.41) is 0. The quantitative estimate of drug-likeness (QED) is 0.712. The van der Waals surface area contributed by atoms with Gasteiger partial charge in [0, 0.05) is 6.54 Å². The van der Waals surface area contributed by atoms with Crippen LogP contribution in [0.4, 0.5) is 4.79 Å². The fraction of sp³-hybridized carbons (Fsp3) is 0.308. The molecule has 0 saturated carbocycles. The highest BCUT2D eigenvalue weighted by Crippen LogP contribution is 2.22. The number of ether oxygens (including phenoxy) is 1. The molecule has 16 heavy (non-hydrogen) atoms. The van der Waals surface area contributed by atoms with Crippen LogP contribution in [-0.2, 0) is 11.3 Å². The number of amides is 1. The van der Waals surface area contributed by atoms with E-state index in [1.54, 1.807) is 4.90 Å². The van der Waals surface area contributed by atoms with Crippen molar-refractivity contribution in [2.75, 3.05) is 6.54 Å². The van der Waals surface area contributed by atoms with E-state index in [2.05, 4.69) is 6.58 Å². The Hall–Kier alpha value is -1.77. The zero-order valence-corrected chi connectivity index (χ0v) is 9.35. The Morgan fingerprint density at radius 2 is 2.19 bits per heavy atom. The predicted molar refractivity (Wildman–Crippen MR) is 61.9 cm³/mol. The number of carbonyl (C=O) groups excluding carboxylic acids is 1. The smallest absolute Gasteiger partial charge is 0.410 e. The van der Waals surface area contributed by atoms with Gasteiger partial charge >= 0.3 is 6.09 Å². The lowest BCUT2D eigenvalue weighted by Crippen LogP contribution is -2.51. The Morgan fingerprint density at radius 3 is 2.75 bits per heavy atom. The number of nitrogens with zero attached hydrogens (tertiary/aromatic N) is 1. The van der Waals surface area contributed by atoms with E-state index >= 15 is 0 Å². The van der Waals surface area contributed by atoms with Crippen molar-refractivity contribution in [3.8, 4) is 0 Å². The maximum absolute atomic E-state index is 11.6. The molecule has 0 bridgehead atoms. The lowest BCUT2D eigenvalue weighted by molar-refractivity contribution is 0.0738. The Morgan fingerprint density at radius 1 is 1.50 bits per heavy atom. The normalized spacial score (nSPS) is 19.2. The van der Waals surface area contributed by atoms with Crippen molar-refractivity contribution in [2.24, 2.45) is 0 Å². The highest BCUT2D eigenvalue weighted by atomic mass is 16.6. The van der Waals surface area contributed by atoms with Crippen LogP contribution < -0.4 is 0 Å². The molecule has 0 unspecified atom stereocenters. The third kappa shape index (κ3) is 2.08. The van der Waals surface area contributed by atoms with Crippen LogP contribution in [0.1, 0.15) is 12.5 Å². The second-order valence-corrected chi connectivity index (χ2v) is 4.00. The van der Waals surface area contributed by atoms with Gasteiger partial charge in [-0.3, -0.25) is 4.90 Å². The zero-order valence-electron chi connectivity index (χ0n) is 9.35. The zero-order chi connectivity index (χ0) is 11.5. The fourth-order valence-corrected chi connectivity index (χ4v) is 1.62. The largest absolute Gasteiger partial charge is 0.445 e. The Kier molecular flexibility index (Phi) is 2.95. The van der Waals surface area contributed by atoms with Gasteiger partial charge in [-0.25, -0.2) is 4.79 Å². The van der Waals surface area contributed by atoms with Crippen molar-refractivity contribution < 1.29 is 9.53 Å². The molecule has 1 aromatic carbocycles. The summed E-state index contributed by atoms with van der Waals surface area (Å²) in [5.41, 5.74) is 2.08. The molecule has 1 saturated heterocycles. The maximum Gasteiger partial charge on any atom is 0.410 e. The predicted octanol–water partition coefficient (Wildman–Crippen LogP) is 2.58. The van der Waals surface area contributed by atoms with E-state index in [4.69, 9.17) is 4.74 Å². The van der Waals surface area contributed by atoms with Crippen LogP contribution in [-0.4, -0.2) is 23.6 Å². The lowest BCUT2D eigenvalue weighted by Gasteiger charge is -2.39. The van der Waals surface area contributed by atoms with Gasteiger partial charge in [0.05, 0.1) is 6.04 Å². The number of hydrogen-bond acceptors (Lipinski definition) is 2. The minimum Gasteiger partial charge on any atom is -0.445 e. The molecule has 1 aromatic rings. The number of likely N-dealkylation sites (tertiary alicyclic amines) is 1. The molecule has 1 heterocycles. The van der Waals surface area contributed by atoms with E-state index in [9.17, 15) is 4.79 Å². The number of benzene rings is 1. The Labute approximate surface area is 95.3 Å². The van der Waals surface area contributed by atoms with Gasteiger partial charge < -0.3 is 4.74 Å². The van der Waals surface area contributed by atoms with Crippen LogP contribution >= 0.6 is 0 Å². The Bertz CT molecular complexity index is 400. The van der Waals surface area contributed by atoms with Crippen LogP contribution in [0.2, 0.25) is 0 Å². The summed E-state index contributed by atoms with van der Waals surface area (Å²) in [7, 11) is 0. The molecule has 0 radical (unpaired) electrons. The average molecular weight is 217 g/mol. The van der Waals surface area contributed by atoms with E-state index in [0.717, 1.165) is 11.1 Å². The highest BCUT2D eigenvalue weighted by molar-refractivity contribution is 5.71. The van der Waals surface area contributed by atoms with E-state index in [0.29, 0.717) is 13.2 Å². The summed E-state index contributed by atoms with van der Waals surface area (Å²) >= 11 is 0. The van der Waals surface area contributed by atoms with E-state index in [1.807, 2.05) is 37.3 Å². The SMILES string of the molecule is C=C1CN(C(=O)OCc2ccccc2)[C@@H]1C. The molecule has 3 heteroatoms. The van der Waals surface area contributed by atoms with Crippen molar-refractivity contribution in [3.63, 3.8) is 0 Å². The third-order valence-corrected chi connectivity index (χ3v) is 2.87. The summed E-state index contributed by atoms with van der Waals surface area (Å²) in [6.07, 6.45) is -0.260. The summed E-state index contributed by atoms with van der Waals surface area (Å²) < 4.78 is 5.20. The van der Waals surface area contributed by atoms with Gasteiger partial charge in [0.2, 0.25) is 0 Å². The Balaban J connectivity index is 1.83. The second kappa shape index (κ2) is 4.39. The summed E-state index contributed by atoms with van der Waals surface area (Å²) in [4.78, 5) is 13.3. The second-order valence-electron chi connectivity index (χ2n) is 4.00. The molecule has 2 rings (SSSR count). The van der Waals surface area contributed by atoms with Crippen molar-refractivity contribution in [1.29, 1.82) is 0 Å². The maximum atomic E-state index is 11.6. The molecule has 0 aromatic heterocycles. The number of hydrogen-bond donors (Lipinski definition) is 0. The van der Waals surface area contributed by atoms with Crippen LogP contribution in [0.15, 0.2) is 42.5 Å². The highest BCUT2D eigenvalue weighted by Gasteiger charge is 2.32. The first-order chi connectivity index (χ1) is 7.68. The first-order valence-corrected chi connectivity index (χ1v) is 5.33. The molecular weight excluding hydrogens is 202 g/mol. The molecule has 84 valence electrons. The monoisotopic (exact) mass is 217 g/mol. The molecule has 0 N–H and O–H groups in total. The van der Waals surface area contributed by atoms with Crippen molar-refractivity contribution in [3.05, 3.63) is 48.0 Å². The van der Waals surface area contributed by atoms with Gasteiger partial charge in [0.25, 0.3) is 0 Å². The minimum atomic E-state index is -0.260.